The molecule has 4 rings (SSSR count). The molecule has 29 heavy (non-hydrogen) atoms. The Balaban J connectivity index is 1.43. The lowest BCUT2D eigenvalue weighted by Gasteiger charge is -2.36. The topological polar surface area (TPSA) is 96.0 Å². The molecular weight excluding hydrogens is 462 g/mol. The molecule has 1 saturated carbocycles. The van der Waals surface area contributed by atoms with Crippen molar-refractivity contribution in [3.05, 3.63) is 28.2 Å². The minimum Gasteiger partial charge on any atom is -0.368 e. The van der Waals surface area contributed by atoms with Gasteiger partial charge in [-0.1, -0.05) is 0 Å². The van der Waals surface area contributed by atoms with Crippen LogP contribution in [0.4, 0.5) is 0 Å². The van der Waals surface area contributed by atoms with Gasteiger partial charge in [-0.15, -0.1) is 0 Å². The van der Waals surface area contributed by atoms with Gasteiger partial charge in [0.1, 0.15) is 6.10 Å². The first-order valence-electron chi connectivity index (χ1n) is 9.87. The van der Waals surface area contributed by atoms with Gasteiger partial charge in [0.05, 0.1) is 10.5 Å². The third-order valence-electron chi connectivity index (χ3n) is 5.46. The number of ether oxygens (including phenoxy) is 1. The molecular formula is C19H24BrN3O5S. The van der Waals surface area contributed by atoms with Crippen LogP contribution in [0.25, 0.3) is 0 Å². The van der Waals surface area contributed by atoms with Gasteiger partial charge < -0.3 is 14.5 Å². The smallest absolute Gasteiger partial charge is 0.255 e. The summed E-state index contributed by atoms with van der Waals surface area (Å²) in [5.74, 6) is -0.250. The number of piperazine rings is 1. The summed E-state index contributed by atoms with van der Waals surface area (Å²) in [7, 11) is -3.64. The Kier molecular flexibility index (Phi) is 5.97. The fourth-order valence-electron chi connectivity index (χ4n) is 3.60. The van der Waals surface area contributed by atoms with E-state index >= 15 is 0 Å². The van der Waals surface area contributed by atoms with Crippen molar-refractivity contribution in [3.8, 4) is 0 Å². The predicted molar refractivity (Wildman–Crippen MR) is 109 cm³/mol. The van der Waals surface area contributed by atoms with Crippen LogP contribution in [0, 0.1) is 0 Å². The van der Waals surface area contributed by atoms with Gasteiger partial charge >= 0.3 is 0 Å². The maximum absolute atomic E-state index is 13.0. The predicted octanol–water partition coefficient (Wildman–Crippen LogP) is 1.35. The zero-order valence-electron chi connectivity index (χ0n) is 16.0. The number of benzene rings is 1. The molecule has 2 amide bonds. The maximum Gasteiger partial charge on any atom is 0.255 e. The van der Waals surface area contributed by atoms with E-state index in [0.29, 0.717) is 42.8 Å². The third-order valence-corrected chi connectivity index (χ3v) is 7.67. The molecule has 1 atom stereocenters. The number of amides is 2. The van der Waals surface area contributed by atoms with Crippen molar-refractivity contribution in [3.63, 3.8) is 0 Å². The van der Waals surface area contributed by atoms with E-state index < -0.39 is 10.0 Å². The molecule has 2 saturated heterocycles. The quantitative estimate of drug-likeness (QED) is 0.678. The molecule has 2 heterocycles. The molecule has 0 bridgehead atoms. The fourth-order valence-corrected chi connectivity index (χ4v) is 5.35. The normalized spacial score (nSPS) is 22.7. The zero-order chi connectivity index (χ0) is 20.6. The van der Waals surface area contributed by atoms with Crippen LogP contribution in [0.15, 0.2) is 27.6 Å². The van der Waals surface area contributed by atoms with Gasteiger partial charge in [0.25, 0.3) is 11.8 Å². The van der Waals surface area contributed by atoms with Crippen LogP contribution in [0.1, 0.15) is 36.0 Å². The zero-order valence-corrected chi connectivity index (χ0v) is 18.4. The molecule has 1 N–H and O–H groups in total. The van der Waals surface area contributed by atoms with E-state index in [0.717, 1.165) is 25.7 Å². The number of hydrogen-bond acceptors (Lipinski definition) is 5. The molecule has 8 nitrogen and oxygen atoms in total. The molecule has 3 aliphatic rings. The molecule has 0 radical (unpaired) electrons. The molecule has 1 aromatic rings. The van der Waals surface area contributed by atoms with Crippen molar-refractivity contribution in [2.24, 2.45) is 0 Å². The Labute approximate surface area is 178 Å². The molecule has 2 aliphatic heterocycles. The van der Waals surface area contributed by atoms with E-state index in [4.69, 9.17) is 4.74 Å². The number of rotatable bonds is 5. The van der Waals surface area contributed by atoms with Gasteiger partial charge in [-0.05, 0) is 59.8 Å². The summed E-state index contributed by atoms with van der Waals surface area (Å²) in [5, 5.41) is 0. The van der Waals surface area contributed by atoms with E-state index in [1.54, 1.807) is 15.9 Å². The number of carbonyl (C=O) groups excluding carboxylic acids is 2. The largest absolute Gasteiger partial charge is 0.368 e. The second-order valence-corrected chi connectivity index (χ2v) is 10.2. The van der Waals surface area contributed by atoms with E-state index in [-0.39, 0.29) is 28.9 Å². The standard InChI is InChI=1S/C19H24BrN3O5S/c20-16-6-5-14(29(26,27)21-13-3-4-13)12-15(16)18(24)22-7-9-23(10-8-22)19(25)17-2-1-11-28-17/h5-6,12-13,17,21H,1-4,7-11H2. The average Bonchev–Trinajstić information content (AvgIpc) is 3.34. The second-order valence-electron chi connectivity index (χ2n) is 7.66. The Morgan fingerprint density at radius 2 is 1.76 bits per heavy atom. The lowest BCUT2D eigenvalue weighted by Crippen LogP contribution is -2.52. The van der Waals surface area contributed by atoms with Crippen LogP contribution in [0.3, 0.4) is 0 Å². The highest BCUT2D eigenvalue weighted by atomic mass is 79.9. The second kappa shape index (κ2) is 8.33. The number of hydrogen-bond donors (Lipinski definition) is 1. The van der Waals surface area contributed by atoms with Gasteiger partial charge in [-0.2, -0.15) is 0 Å². The first kappa shape index (κ1) is 20.8. The summed E-state index contributed by atoms with van der Waals surface area (Å²) < 4.78 is 33.6. The third kappa shape index (κ3) is 4.65. The monoisotopic (exact) mass is 485 g/mol. The molecule has 0 aromatic heterocycles. The van der Waals surface area contributed by atoms with E-state index in [9.17, 15) is 18.0 Å². The first-order valence-corrected chi connectivity index (χ1v) is 12.1. The highest BCUT2D eigenvalue weighted by Crippen LogP contribution is 2.26. The Morgan fingerprint density at radius 3 is 2.38 bits per heavy atom. The molecule has 10 heteroatoms. The van der Waals surface area contributed by atoms with Gasteiger partial charge in [-0.25, -0.2) is 13.1 Å². The van der Waals surface area contributed by atoms with Crippen LogP contribution in [-0.4, -0.2) is 75.0 Å². The highest BCUT2D eigenvalue weighted by molar-refractivity contribution is 9.10. The van der Waals surface area contributed by atoms with Crippen molar-refractivity contribution in [2.45, 2.75) is 42.7 Å². The first-order chi connectivity index (χ1) is 13.8. The van der Waals surface area contributed by atoms with Crippen molar-refractivity contribution in [1.82, 2.24) is 14.5 Å². The van der Waals surface area contributed by atoms with Crippen molar-refractivity contribution >= 4 is 37.8 Å². The van der Waals surface area contributed by atoms with Gasteiger partial charge in [0.15, 0.2) is 0 Å². The summed E-state index contributed by atoms with van der Waals surface area (Å²) in [6, 6.07) is 4.49. The van der Waals surface area contributed by atoms with Crippen molar-refractivity contribution < 1.29 is 22.7 Å². The summed E-state index contributed by atoms with van der Waals surface area (Å²) in [4.78, 5) is 29.0. The Morgan fingerprint density at radius 1 is 1.07 bits per heavy atom. The fraction of sp³-hybridized carbons (Fsp3) is 0.579. The maximum atomic E-state index is 13.0. The molecule has 3 fully saturated rings. The van der Waals surface area contributed by atoms with Crippen LogP contribution >= 0.6 is 15.9 Å². The van der Waals surface area contributed by atoms with Crippen LogP contribution in [0.5, 0.6) is 0 Å². The number of nitrogens with one attached hydrogen (secondary N) is 1. The lowest BCUT2D eigenvalue weighted by molar-refractivity contribution is -0.142. The molecule has 1 aliphatic carbocycles. The number of nitrogens with zero attached hydrogens (tertiary/aromatic N) is 2. The SMILES string of the molecule is O=C(c1cc(S(=O)(=O)NC2CC2)ccc1Br)N1CCN(C(=O)C2CCCO2)CC1. The number of halogens is 1. The van der Waals surface area contributed by atoms with Crippen LogP contribution in [0.2, 0.25) is 0 Å². The van der Waals surface area contributed by atoms with E-state index in [1.165, 1.54) is 12.1 Å². The Bertz CT molecular complexity index is 904. The van der Waals surface area contributed by atoms with E-state index in [2.05, 4.69) is 20.7 Å². The molecule has 158 valence electrons. The molecule has 1 unspecified atom stereocenters. The van der Waals surface area contributed by atoms with Gasteiger partial charge in [0, 0.05) is 43.3 Å². The summed E-state index contributed by atoms with van der Waals surface area (Å²) in [5.41, 5.74) is 0.308. The summed E-state index contributed by atoms with van der Waals surface area (Å²) in [6.45, 7) is 2.33. The Hall–Kier alpha value is -1.49. The average molecular weight is 486 g/mol. The van der Waals surface area contributed by atoms with E-state index in [1.807, 2.05) is 0 Å². The number of sulfonamides is 1. The van der Waals surface area contributed by atoms with Crippen LogP contribution in [-0.2, 0) is 19.6 Å². The van der Waals surface area contributed by atoms with Gasteiger partial charge in [0.2, 0.25) is 10.0 Å². The summed E-state index contributed by atoms with van der Waals surface area (Å²) in [6.07, 6.45) is 2.98. The van der Waals surface area contributed by atoms with Crippen molar-refractivity contribution in [2.75, 3.05) is 32.8 Å². The minimum atomic E-state index is -3.64. The van der Waals surface area contributed by atoms with Crippen molar-refractivity contribution in [1.29, 1.82) is 0 Å². The highest BCUT2D eigenvalue weighted by Gasteiger charge is 2.33. The molecule has 0 spiro atoms. The lowest BCUT2D eigenvalue weighted by atomic mass is 10.1. The number of carbonyl (C=O) groups is 2. The van der Waals surface area contributed by atoms with Gasteiger partial charge in [-0.3, -0.25) is 9.59 Å². The minimum absolute atomic E-state index is 0.00254. The molecule has 1 aromatic carbocycles. The summed E-state index contributed by atoms with van der Waals surface area (Å²) >= 11 is 3.36. The van der Waals surface area contributed by atoms with Crippen LogP contribution < -0.4 is 4.72 Å².